The van der Waals surface area contributed by atoms with Gasteiger partial charge in [-0.1, -0.05) is 25.1 Å². The van der Waals surface area contributed by atoms with Crippen molar-refractivity contribution < 1.29 is 4.42 Å². The lowest BCUT2D eigenvalue weighted by atomic mass is 9.97. The molecule has 21 heavy (non-hydrogen) atoms. The number of fused-ring (bicyclic) bond motifs is 3. The summed E-state index contributed by atoms with van der Waals surface area (Å²) in [5, 5.41) is 4.51. The van der Waals surface area contributed by atoms with Crippen LogP contribution < -0.4 is 10.9 Å². The second kappa shape index (κ2) is 6.00. The molecule has 0 bridgehead atoms. The molecule has 112 valence electrons. The van der Waals surface area contributed by atoms with Gasteiger partial charge in [0.2, 0.25) is 0 Å². The lowest BCUT2D eigenvalue weighted by molar-refractivity contribution is 0.227. The quantitative estimate of drug-likeness (QED) is 0.875. The number of hydrogen-bond donors (Lipinski definition) is 1. The Bertz CT molecular complexity index is 693. The summed E-state index contributed by atoms with van der Waals surface area (Å²) in [5.74, 6) is 0. The SMILES string of the molecule is CCNC(C)CN1CCc2c(c(=O)oc3ccccc23)C1. The van der Waals surface area contributed by atoms with Gasteiger partial charge >= 0.3 is 5.63 Å². The largest absolute Gasteiger partial charge is 0.422 e. The number of nitrogens with zero attached hydrogens (tertiary/aromatic N) is 1. The van der Waals surface area contributed by atoms with Crippen LogP contribution in [0.15, 0.2) is 33.5 Å². The second-order valence-corrected chi connectivity index (χ2v) is 5.79. The molecule has 4 heteroatoms. The molecule has 1 aliphatic heterocycles. The Labute approximate surface area is 124 Å². The first-order valence-electron chi connectivity index (χ1n) is 7.68. The molecule has 2 aromatic rings. The number of benzene rings is 1. The van der Waals surface area contributed by atoms with Gasteiger partial charge in [-0.05, 0) is 31.5 Å². The summed E-state index contributed by atoms with van der Waals surface area (Å²) >= 11 is 0. The molecule has 0 saturated carbocycles. The average molecular weight is 286 g/mol. The van der Waals surface area contributed by atoms with Gasteiger partial charge in [-0.2, -0.15) is 0 Å². The van der Waals surface area contributed by atoms with E-state index in [-0.39, 0.29) is 5.63 Å². The van der Waals surface area contributed by atoms with Crippen LogP contribution in [0, 0.1) is 0 Å². The average Bonchev–Trinajstić information content (AvgIpc) is 2.48. The monoisotopic (exact) mass is 286 g/mol. The van der Waals surface area contributed by atoms with Crippen molar-refractivity contribution >= 4 is 11.0 Å². The van der Waals surface area contributed by atoms with Gasteiger partial charge in [-0.3, -0.25) is 4.90 Å². The summed E-state index contributed by atoms with van der Waals surface area (Å²) in [7, 11) is 0. The molecule has 0 amide bonds. The van der Waals surface area contributed by atoms with Crippen molar-refractivity contribution in [1.82, 2.24) is 10.2 Å². The molecule has 0 saturated heterocycles. The second-order valence-electron chi connectivity index (χ2n) is 5.79. The Morgan fingerprint density at radius 2 is 2.14 bits per heavy atom. The van der Waals surface area contributed by atoms with Crippen LogP contribution in [-0.2, 0) is 13.0 Å². The van der Waals surface area contributed by atoms with E-state index in [1.807, 2.05) is 24.3 Å². The molecule has 1 unspecified atom stereocenters. The standard InChI is InChI=1S/C17H22N2O2/c1-3-18-12(2)10-19-9-8-13-14-6-4-5-7-16(14)21-17(20)15(13)11-19/h4-7,12,18H,3,8-11H2,1-2H3. The fraction of sp³-hybridized carbons (Fsp3) is 0.471. The van der Waals surface area contributed by atoms with Gasteiger partial charge in [0.1, 0.15) is 5.58 Å². The minimum atomic E-state index is -0.176. The molecular formula is C17H22N2O2. The number of para-hydroxylation sites is 1. The molecule has 0 spiro atoms. The van der Waals surface area contributed by atoms with Crippen LogP contribution in [0.2, 0.25) is 0 Å². The van der Waals surface area contributed by atoms with Crippen molar-refractivity contribution in [3.8, 4) is 0 Å². The smallest absolute Gasteiger partial charge is 0.341 e. The number of nitrogens with one attached hydrogen (secondary N) is 1. The molecule has 0 fully saturated rings. The third-order valence-corrected chi connectivity index (χ3v) is 4.17. The fourth-order valence-electron chi connectivity index (χ4n) is 3.23. The zero-order valence-corrected chi connectivity index (χ0v) is 12.7. The van der Waals surface area contributed by atoms with Gasteiger partial charge in [-0.25, -0.2) is 4.79 Å². The highest BCUT2D eigenvalue weighted by atomic mass is 16.4. The van der Waals surface area contributed by atoms with Crippen LogP contribution >= 0.6 is 0 Å². The Kier molecular flexibility index (Phi) is 4.08. The lowest BCUT2D eigenvalue weighted by Crippen LogP contribution is -2.42. The van der Waals surface area contributed by atoms with Crippen molar-refractivity contribution in [1.29, 1.82) is 0 Å². The first-order chi connectivity index (χ1) is 10.2. The first-order valence-corrected chi connectivity index (χ1v) is 7.68. The van der Waals surface area contributed by atoms with Crippen molar-refractivity contribution in [2.45, 2.75) is 32.9 Å². The van der Waals surface area contributed by atoms with Gasteiger partial charge in [0.15, 0.2) is 0 Å². The highest BCUT2D eigenvalue weighted by Gasteiger charge is 2.23. The predicted octanol–water partition coefficient (Wildman–Crippen LogP) is 2.15. The summed E-state index contributed by atoms with van der Waals surface area (Å²) < 4.78 is 5.46. The topological polar surface area (TPSA) is 45.5 Å². The van der Waals surface area contributed by atoms with E-state index < -0.39 is 0 Å². The van der Waals surface area contributed by atoms with E-state index in [0.717, 1.165) is 37.0 Å². The van der Waals surface area contributed by atoms with Gasteiger partial charge < -0.3 is 9.73 Å². The normalized spacial score (nSPS) is 16.9. The molecular weight excluding hydrogens is 264 g/mol. The molecule has 1 atom stereocenters. The molecule has 2 heterocycles. The van der Waals surface area contributed by atoms with Crippen molar-refractivity contribution in [3.05, 3.63) is 45.8 Å². The van der Waals surface area contributed by atoms with Gasteiger partial charge in [-0.15, -0.1) is 0 Å². The third-order valence-electron chi connectivity index (χ3n) is 4.17. The molecule has 4 nitrogen and oxygen atoms in total. The minimum absolute atomic E-state index is 0.176. The number of hydrogen-bond acceptors (Lipinski definition) is 4. The molecule has 3 rings (SSSR count). The fourth-order valence-corrected chi connectivity index (χ4v) is 3.23. The number of rotatable bonds is 4. The van der Waals surface area contributed by atoms with Crippen molar-refractivity contribution in [2.24, 2.45) is 0 Å². The Morgan fingerprint density at radius 3 is 2.95 bits per heavy atom. The Hall–Kier alpha value is -1.65. The van der Waals surface area contributed by atoms with Crippen LogP contribution in [-0.4, -0.2) is 30.6 Å². The van der Waals surface area contributed by atoms with E-state index in [2.05, 4.69) is 24.1 Å². The Morgan fingerprint density at radius 1 is 1.33 bits per heavy atom. The van der Waals surface area contributed by atoms with Crippen LogP contribution in [0.4, 0.5) is 0 Å². The lowest BCUT2D eigenvalue weighted by Gasteiger charge is -2.30. The molecule has 1 aromatic carbocycles. The molecule has 1 N–H and O–H groups in total. The zero-order chi connectivity index (χ0) is 14.8. The van der Waals surface area contributed by atoms with Gasteiger partial charge in [0.25, 0.3) is 0 Å². The summed E-state index contributed by atoms with van der Waals surface area (Å²) in [6, 6.07) is 8.27. The maximum atomic E-state index is 12.2. The van der Waals surface area contributed by atoms with Crippen LogP contribution in [0.1, 0.15) is 25.0 Å². The van der Waals surface area contributed by atoms with Gasteiger partial charge in [0.05, 0.1) is 5.56 Å². The predicted molar refractivity (Wildman–Crippen MR) is 84.6 cm³/mol. The first kappa shape index (κ1) is 14.3. The van der Waals surface area contributed by atoms with Crippen molar-refractivity contribution in [2.75, 3.05) is 19.6 Å². The molecule has 0 radical (unpaired) electrons. The summed E-state index contributed by atoms with van der Waals surface area (Å²) in [6.45, 7) is 7.91. The third kappa shape index (κ3) is 2.87. The summed E-state index contributed by atoms with van der Waals surface area (Å²) in [6.07, 6.45) is 0.917. The maximum absolute atomic E-state index is 12.2. The maximum Gasteiger partial charge on any atom is 0.341 e. The zero-order valence-electron chi connectivity index (χ0n) is 12.7. The Balaban J connectivity index is 1.89. The molecule has 1 aliphatic rings. The van der Waals surface area contributed by atoms with Crippen LogP contribution in [0.3, 0.4) is 0 Å². The van der Waals surface area contributed by atoms with Crippen LogP contribution in [0.5, 0.6) is 0 Å². The van der Waals surface area contributed by atoms with E-state index in [1.54, 1.807) is 0 Å². The summed E-state index contributed by atoms with van der Waals surface area (Å²) in [5.41, 5.74) is 2.54. The minimum Gasteiger partial charge on any atom is -0.422 e. The summed E-state index contributed by atoms with van der Waals surface area (Å²) in [4.78, 5) is 14.6. The highest BCUT2D eigenvalue weighted by molar-refractivity contribution is 5.81. The number of likely N-dealkylation sites (N-methyl/N-ethyl adjacent to an activating group) is 1. The van der Waals surface area contributed by atoms with Gasteiger partial charge in [0, 0.05) is 31.1 Å². The molecule has 0 aliphatic carbocycles. The van der Waals surface area contributed by atoms with E-state index in [9.17, 15) is 4.79 Å². The van der Waals surface area contributed by atoms with E-state index in [4.69, 9.17) is 4.42 Å². The van der Waals surface area contributed by atoms with E-state index in [1.165, 1.54) is 5.56 Å². The van der Waals surface area contributed by atoms with Crippen LogP contribution in [0.25, 0.3) is 11.0 Å². The molecule has 1 aromatic heterocycles. The van der Waals surface area contributed by atoms with Crippen molar-refractivity contribution in [3.63, 3.8) is 0 Å². The van der Waals surface area contributed by atoms with E-state index >= 15 is 0 Å². The van der Waals surface area contributed by atoms with E-state index in [0.29, 0.717) is 18.2 Å². The highest BCUT2D eigenvalue weighted by Crippen LogP contribution is 2.24.